The molecular weight excluding hydrogens is 364 g/mol. The van der Waals surface area contributed by atoms with E-state index in [0.29, 0.717) is 30.9 Å². The molecule has 2 rings (SSSR count). The molecule has 0 bridgehead atoms. The maximum absolute atomic E-state index is 13.6. The van der Waals surface area contributed by atoms with Crippen LogP contribution in [0.25, 0.3) is 0 Å². The van der Waals surface area contributed by atoms with Crippen molar-refractivity contribution in [3.05, 3.63) is 35.7 Å². The van der Waals surface area contributed by atoms with Crippen molar-refractivity contribution in [3.63, 3.8) is 0 Å². The van der Waals surface area contributed by atoms with E-state index in [1.54, 1.807) is 18.7 Å². The second kappa shape index (κ2) is 8.88. The number of halogens is 2. The minimum Gasteiger partial charge on any atom is -0.443 e. The molecule has 1 aliphatic carbocycles. The van der Waals surface area contributed by atoms with Crippen molar-refractivity contribution in [3.8, 4) is 0 Å². The number of ether oxygens (including phenoxy) is 1. The number of alkyl halides is 2. The normalized spacial score (nSPS) is 23.5. The summed E-state index contributed by atoms with van der Waals surface area (Å²) in [6.07, 6.45) is 1.70. The molecule has 0 spiro atoms. The van der Waals surface area contributed by atoms with Gasteiger partial charge in [0.05, 0.1) is 0 Å². The molecule has 156 valence electrons. The zero-order chi connectivity index (χ0) is 21.1. The summed E-state index contributed by atoms with van der Waals surface area (Å²) < 4.78 is 32.8. The van der Waals surface area contributed by atoms with Crippen LogP contribution in [0.1, 0.15) is 47.5 Å². The highest BCUT2D eigenvalue weighted by molar-refractivity contribution is 6.03. The molecule has 2 aliphatic rings. The summed E-state index contributed by atoms with van der Waals surface area (Å²) in [7, 11) is 0. The number of rotatable bonds is 6. The Bertz CT molecular complexity index is 708. The minimum atomic E-state index is -2.60. The minimum absolute atomic E-state index is 0.0447. The van der Waals surface area contributed by atoms with E-state index < -0.39 is 6.43 Å². The quantitative estimate of drug-likeness (QED) is 0.481. The van der Waals surface area contributed by atoms with Crippen molar-refractivity contribution in [2.75, 3.05) is 19.6 Å². The number of allylic oxidation sites excluding steroid dienone is 4. The summed E-state index contributed by atoms with van der Waals surface area (Å²) >= 11 is 0. The molecule has 1 unspecified atom stereocenters. The van der Waals surface area contributed by atoms with Gasteiger partial charge in [0, 0.05) is 54.4 Å². The van der Waals surface area contributed by atoms with Crippen LogP contribution in [-0.4, -0.2) is 59.3 Å². The van der Waals surface area contributed by atoms with Crippen molar-refractivity contribution in [1.82, 2.24) is 9.80 Å². The first-order valence-corrected chi connectivity index (χ1v) is 9.69. The highest BCUT2D eigenvalue weighted by Gasteiger charge is 2.43. The Morgan fingerprint density at radius 2 is 1.96 bits per heavy atom. The molecule has 0 aromatic carbocycles. The number of hydrogen-bond acceptors (Lipinski definition) is 4. The summed E-state index contributed by atoms with van der Waals surface area (Å²) in [5.74, 6) is 0. The lowest BCUT2D eigenvalue weighted by atomic mass is 9.98. The van der Waals surface area contributed by atoms with Gasteiger partial charge in [-0.05, 0) is 47.5 Å². The van der Waals surface area contributed by atoms with Gasteiger partial charge in [0.1, 0.15) is 5.60 Å². The molecular formula is C21H31F2N3O2. The van der Waals surface area contributed by atoms with Gasteiger partial charge in [-0.2, -0.15) is 0 Å². The number of hydrogen-bond donors (Lipinski definition) is 0. The fraction of sp³-hybridized carbons (Fsp3) is 0.619. The first-order chi connectivity index (χ1) is 13.1. The van der Waals surface area contributed by atoms with Crippen LogP contribution in [0.2, 0.25) is 0 Å². The van der Waals surface area contributed by atoms with E-state index in [-0.39, 0.29) is 23.3 Å². The van der Waals surface area contributed by atoms with Gasteiger partial charge in [-0.25, -0.2) is 13.6 Å². The van der Waals surface area contributed by atoms with Gasteiger partial charge >= 0.3 is 6.09 Å². The number of carbonyl (C=O) groups is 1. The number of aliphatic imine (C=N–C) groups is 1. The number of amides is 1. The first kappa shape index (κ1) is 22.1. The highest BCUT2D eigenvalue weighted by Crippen LogP contribution is 2.39. The SMILES string of the molecule is C=CN=C(C)C(/C(=C\C)C(F)F)=C(\C)N1CCN(C(=O)OC2(C)CC2)C(C)C1. The maximum Gasteiger partial charge on any atom is 0.410 e. The smallest absolute Gasteiger partial charge is 0.410 e. The molecule has 0 N–H and O–H groups in total. The molecule has 0 radical (unpaired) electrons. The molecule has 2 fully saturated rings. The molecule has 1 saturated carbocycles. The van der Waals surface area contributed by atoms with Crippen LogP contribution in [0.4, 0.5) is 13.6 Å². The lowest BCUT2D eigenvalue weighted by Gasteiger charge is -2.41. The van der Waals surface area contributed by atoms with Crippen LogP contribution in [0.15, 0.2) is 40.7 Å². The van der Waals surface area contributed by atoms with Crippen molar-refractivity contribution in [2.24, 2.45) is 4.99 Å². The van der Waals surface area contributed by atoms with Crippen LogP contribution in [-0.2, 0) is 4.74 Å². The topological polar surface area (TPSA) is 45.1 Å². The molecule has 0 aromatic heterocycles. The van der Waals surface area contributed by atoms with E-state index in [0.717, 1.165) is 18.5 Å². The van der Waals surface area contributed by atoms with E-state index in [2.05, 4.69) is 11.6 Å². The van der Waals surface area contributed by atoms with Crippen LogP contribution in [0, 0.1) is 0 Å². The summed E-state index contributed by atoms with van der Waals surface area (Å²) in [6.45, 7) is 14.2. The van der Waals surface area contributed by atoms with E-state index in [9.17, 15) is 13.6 Å². The molecule has 1 amide bonds. The molecule has 0 aromatic rings. The summed E-state index contributed by atoms with van der Waals surface area (Å²) in [6, 6.07) is -0.0861. The fourth-order valence-corrected chi connectivity index (χ4v) is 3.50. The van der Waals surface area contributed by atoms with Crippen molar-refractivity contribution < 1.29 is 18.3 Å². The third kappa shape index (κ3) is 5.00. The van der Waals surface area contributed by atoms with E-state index >= 15 is 0 Å². The number of piperazine rings is 1. The van der Waals surface area contributed by atoms with Crippen molar-refractivity contribution >= 4 is 11.8 Å². The highest BCUT2D eigenvalue weighted by atomic mass is 19.3. The van der Waals surface area contributed by atoms with Gasteiger partial charge in [0.25, 0.3) is 6.43 Å². The second-order valence-corrected chi connectivity index (χ2v) is 7.71. The summed E-state index contributed by atoms with van der Waals surface area (Å²) in [5, 5.41) is 0. The van der Waals surface area contributed by atoms with E-state index in [1.165, 1.54) is 12.3 Å². The van der Waals surface area contributed by atoms with Crippen molar-refractivity contribution in [2.45, 2.75) is 65.5 Å². The van der Waals surface area contributed by atoms with Gasteiger partial charge in [0.15, 0.2) is 0 Å². The standard InChI is InChI=1S/C21H31F2N3O2/c1-7-17(19(22)23)18(15(4)24-8-2)16(5)25-11-12-26(14(3)13-25)20(27)28-21(6)9-10-21/h7-8,14,19H,2,9-13H2,1,3-6H3/b17-7+,18-16-,24-15?. The average Bonchev–Trinajstić information content (AvgIpc) is 3.35. The molecule has 28 heavy (non-hydrogen) atoms. The van der Waals surface area contributed by atoms with Gasteiger partial charge in [-0.1, -0.05) is 12.7 Å². The predicted octanol–water partition coefficient (Wildman–Crippen LogP) is 4.77. The summed E-state index contributed by atoms with van der Waals surface area (Å²) in [4.78, 5) is 20.3. The van der Waals surface area contributed by atoms with Gasteiger partial charge in [-0.15, -0.1) is 0 Å². The van der Waals surface area contributed by atoms with E-state index in [4.69, 9.17) is 4.74 Å². The Morgan fingerprint density at radius 3 is 2.43 bits per heavy atom. The van der Waals surface area contributed by atoms with Gasteiger partial charge < -0.3 is 14.5 Å². The number of nitrogens with zero attached hydrogens (tertiary/aromatic N) is 3. The third-order valence-electron chi connectivity index (χ3n) is 5.47. The Morgan fingerprint density at radius 1 is 1.32 bits per heavy atom. The molecule has 1 aliphatic heterocycles. The predicted molar refractivity (Wildman–Crippen MR) is 108 cm³/mol. The van der Waals surface area contributed by atoms with Crippen LogP contribution in [0.5, 0.6) is 0 Å². The van der Waals surface area contributed by atoms with Crippen LogP contribution >= 0.6 is 0 Å². The zero-order valence-corrected chi connectivity index (χ0v) is 17.5. The van der Waals surface area contributed by atoms with Gasteiger partial charge in [0.2, 0.25) is 0 Å². The van der Waals surface area contributed by atoms with Gasteiger partial charge in [-0.3, -0.25) is 4.99 Å². The monoisotopic (exact) mass is 395 g/mol. The van der Waals surface area contributed by atoms with Crippen LogP contribution in [0.3, 0.4) is 0 Å². The van der Waals surface area contributed by atoms with Crippen molar-refractivity contribution in [1.29, 1.82) is 0 Å². The Balaban J connectivity index is 2.23. The zero-order valence-electron chi connectivity index (χ0n) is 17.5. The maximum atomic E-state index is 13.6. The summed E-state index contributed by atoms with van der Waals surface area (Å²) in [5.41, 5.74) is 1.30. The largest absolute Gasteiger partial charge is 0.443 e. The molecule has 1 heterocycles. The molecule has 5 nitrogen and oxygen atoms in total. The molecule has 1 atom stereocenters. The Kier molecular flexibility index (Phi) is 7.01. The molecule has 7 heteroatoms. The third-order valence-corrected chi connectivity index (χ3v) is 5.47. The van der Waals surface area contributed by atoms with E-state index in [1.807, 2.05) is 25.7 Å². The van der Waals surface area contributed by atoms with Crippen LogP contribution < -0.4 is 0 Å². The number of carbonyl (C=O) groups excluding carboxylic acids is 1. The Hall–Kier alpha value is -2.18. The first-order valence-electron chi connectivity index (χ1n) is 9.69. The second-order valence-electron chi connectivity index (χ2n) is 7.71. The lowest BCUT2D eigenvalue weighted by molar-refractivity contribution is 0.0301. The lowest BCUT2D eigenvalue weighted by Crippen LogP contribution is -2.54. The fourth-order valence-electron chi connectivity index (χ4n) is 3.50. The average molecular weight is 395 g/mol. The molecule has 1 saturated heterocycles. The Labute approximate surface area is 166 Å².